The molecule has 0 saturated heterocycles. The van der Waals surface area contributed by atoms with Crippen LogP contribution in [0.15, 0.2) is 30.3 Å². The van der Waals surface area contributed by atoms with Gasteiger partial charge in [-0.1, -0.05) is 18.2 Å². The molecule has 5 N–H and O–H groups in total. The number of rotatable bonds is 8. The lowest BCUT2D eigenvalue weighted by Crippen LogP contribution is -2.13. The number of ether oxygens (including phenoxy) is 1. The zero-order valence-corrected chi connectivity index (χ0v) is 16.4. The summed E-state index contributed by atoms with van der Waals surface area (Å²) >= 11 is 0. The van der Waals surface area contributed by atoms with E-state index in [0.717, 1.165) is 23.2 Å². The Bertz CT molecular complexity index is 782. The molecule has 0 aliphatic heterocycles. The van der Waals surface area contributed by atoms with Crippen molar-refractivity contribution in [3.05, 3.63) is 52.6 Å². The topological polar surface area (TPSA) is 96.6 Å². The average molecular weight is 371 g/mol. The van der Waals surface area contributed by atoms with Gasteiger partial charge in [0.1, 0.15) is 5.75 Å². The number of aromatic hydroxyl groups is 1. The number of carbonyl (C=O) groups excluding carboxylic acids is 1. The van der Waals surface area contributed by atoms with Gasteiger partial charge in [-0.2, -0.15) is 0 Å². The van der Waals surface area contributed by atoms with Crippen LogP contribution in [-0.4, -0.2) is 31.8 Å². The number of esters is 1. The molecule has 0 aliphatic rings. The molecular formula is C21H29N3O3. The Hall–Kier alpha value is -2.73. The molecule has 1 atom stereocenters. The molecule has 0 radical (unpaired) electrons. The molecule has 27 heavy (non-hydrogen) atoms. The number of anilines is 2. The Labute approximate surface area is 160 Å². The Morgan fingerprint density at radius 2 is 1.96 bits per heavy atom. The summed E-state index contributed by atoms with van der Waals surface area (Å²) in [4.78, 5) is 12.2. The number of nitrogen functional groups attached to an aromatic ring is 1. The maximum absolute atomic E-state index is 12.2. The van der Waals surface area contributed by atoms with Crippen molar-refractivity contribution in [2.24, 2.45) is 0 Å². The lowest BCUT2D eigenvalue weighted by molar-refractivity contribution is -0.143. The van der Waals surface area contributed by atoms with Gasteiger partial charge in [0.25, 0.3) is 0 Å². The second kappa shape index (κ2) is 9.28. The van der Waals surface area contributed by atoms with Crippen LogP contribution in [-0.2, 0) is 16.1 Å². The molecule has 2 aromatic rings. The van der Waals surface area contributed by atoms with Crippen molar-refractivity contribution in [1.82, 2.24) is 5.32 Å². The van der Waals surface area contributed by atoms with Gasteiger partial charge in [0, 0.05) is 19.5 Å². The number of carbonyl (C=O) groups is 1. The van der Waals surface area contributed by atoms with Crippen LogP contribution >= 0.6 is 0 Å². The van der Waals surface area contributed by atoms with Crippen LogP contribution in [0.1, 0.15) is 41.5 Å². The molecular weight excluding hydrogens is 342 g/mol. The summed E-state index contributed by atoms with van der Waals surface area (Å²) in [6, 6.07) is 9.61. The predicted octanol–water partition coefficient (Wildman–Crippen LogP) is 3.13. The number of nitrogens with two attached hydrogens (primary N) is 1. The largest absolute Gasteiger partial charge is 0.506 e. The van der Waals surface area contributed by atoms with Crippen LogP contribution in [0.2, 0.25) is 0 Å². The minimum Gasteiger partial charge on any atom is -0.506 e. The van der Waals surface area contributed by atoms with Crippen LogP contribution in [0.3, 0.4) is 0 Å². The summed E-state index contributed by atoms with van der Waals surface area (Å²) in [5.41, 5.74) is 11.1. The smallest absolute Gasteiger partial charge is 0.306 e. The fourth-order valence-electron chi connectivity index (χ4n) is 3.25. The molecule has 1 unspecified atom stereocenters. The molecule has 0 heterocycles. The summed E-state index contributed by atoms with van der Waals surface area (Å²) in [6.07, 6.45) is 0.174. The van der Waals surface area contributed by atoms with Gasteiger partial charge in [-0.05, 0) is 55.3 Å². The zero-order valence-electron chi connectivity index (χ0n) is 16.4. The molecule has 0 saturated carbocycles. The maximum atomic E-state index is 12.2. The van der Waals surface area contributed by atoms with Gasteiger partial charge in [-0.15, -0.1) is 0 Å². The average Bonchev–Trinajstić information content (AvgIpc) is 2.62. The highest BCUT2D eigenvalue weighted by Crippen LogP contribution is 2.37. The molecule has 2 aromatic carbocycles. The number of hydrogen-bond donors (Lipinski definition) is 4. The van der Waals surface area contributed by atoms with Gasteiger partial charge in [0.2, 0.25) is 0 Å². The summed E-state index contributed by atoms with van der Waals surface area (Å²) < 4.78 is 5.16. The van der Waals surface area contributed by atoms with Crippen LogP contribution < -0.4 is 16.4 Å². The minimum atomic E-state index is -0.283. The highest BCUT2D eigenvalue weighted by atomic mass is 16.5. The van der Waals surface area contributed by atoms with Gasteiger partial charge < -0.3 is 26.2 Å². The van der Waals surface area contributed by atoms with E-state index in [1.165, 1.54) is 5.56 Å². The van der Waals surface area contributed by atoms with Crippen LogP contribution in [0.5, 0.6) is 5.75 Å². The van der Waals surface area contributed by atoms with E-state index in [1.54, 1.807) is 26.1 Å². The van der Waals surface area contributed by atoms with Crippen LogP contribution in [0, 0.1) is 6.92 Å². The molecule has 146 valence electrons. The van der Waals surface area contributed by atoms with E-state index in [4.69, 9.17) is 10.5 Å². The van der Waals surface area contributed by atoms with Crippen molar-refractivity contribution >= 4 is 17.3 Å². The first-order chi connectivity index (χ1) is 12.9. The Balaban J connectivity index is 2.52. The molecule has 0 amide bonds. The van der Waals surface area contributed by atoms with Gasteiger partial charge in [-0.3, -0.25) is 4.79 Å². The van der Waals surface area contributed by atoms with Gasteiger partial charge in [-0.25, -0.2) is 0 Å². The van der Waals surface area contributed by atoms with Gasteiger partial charge in [0.05, 0.1) is 24.4 Å². The molecule has 0 fully saturated rings. The second-order valence-corrected chi connectivity index (χ2v) is 6.53. The molecule has 0 aliphatic carbocycles. The van der Waals surface area contributed by atoms with Gasteiger partial charge >= 0.3 is 5.97 Å². The highest BCUT2D eigenvalue weighted by molar-refractivity contribution is 5.76. The molecule has 6 heteroatoms. The number of hydrogen-bond acceptors (Lipinski definition) is 6. The van der Waals surface area contributed by atoms with Crippen molar-refractivity contribution in [3.8, 4) is 5.75 Å². The minimum absolute atomic E-state index is 0.0592. The number of nitrogens with one attached hydrogen (secondary N) is 2. The number of benzene rings is 2. The van der Waals surface area contributed by atoms with Gasteiger partial charge in [0.15, 0.2) is 0 Å². The van der Waals surface area contributed by atoms with Crippen molar-refractivity contribution in [1.29, 1.82) is 0 Å². The monoisotopic (exact) mass is 371 g/mol. The van der Waals surface area contributed by atoms with E-state index >= 15 is 0 Å². The number of phenolic OH excluding ortho intramolecular Hbond substituents is 1. The van der Waals surface area contributed by atoms with E-state index in [9.17, 15) is 9.90 Å². The quantitative estimate of drug-likeness (QED) is 0.323. The van der Waals surface area contributed by atoms with E-state index in [0.29, 0.717) is 18.0 Å². The summed E-state index contributed by atoms with van der Waals surface area (Å²) in [7, 11) is 3.60. The molecule has 6 nitrogen and oxygen atoms in total. The zero-order chi connectivity index (χ0) is 20.0. The highest BCUT2D eigenvalue weighted by Gasteiger charge is 2.22. The van der Waals surface area contributed by atoms with Crippen LogP contribution in [0.25, 0.3) is 0 Å². The summed E-state index contributed by atoms with van der Waals surface area (Å²) in [5, 5.41) is 16.4. The molecule has 0 bridgehead atoms. The fraction of sp³-hybridized carbons (Fsp3) is 0.381. The number of aryl methyl sites for hydroxylation is 1. The first-order valence-electron chi connectivity index (χ1n) is 9.11. The first-order valence-corrected chi connectivity index (χ1v) is 9.11. The Morgan fingerprint density at radius 3 is 2.56 bits per heavy atom. The van der Waals surface area contributed by atoms with Crippen molar-refractivity contribution in [3.63, 3.8) is 0 Å². The summed E-state index contributed by atoms with van der Waals surface area (Å²) in [6.45, 7) is 4.91. The Morgan fingerprint density at radius 1 is 1.22 bits per heavy atom. The lowest BCUT2D eigenvalue weighted by Gasteiger charge is -2.21. The normalized spacial score (nSPS) is 11.9. The standard InChI is InChI=1S/C21H29N3O3/c1-5-27-20(26)11-17(14-7-6-13(2)16(8-14)12-23-3)15-9-18(22)21(24-4)19(25)10-15/h6-10,17,23-25H,5,11-12,22H2,1-4H3. The first kappa shape index (κ1) is 20.6. The third-order valence-corrected chi connectivity index (χ3v) is 4.64. The van der Waals surface area contributed by atoms with E-state index in [2.05, 4.69) is 23.6 Å². The van der Waals surface area contributed by atoms with Crippen molar-refractivity contribution in [2.45, 2.75) is 32.7 Å². The third-order valence-electron chi connectivity index (χ3n) is 4.64. The Kier molecular flexibility index (Phi) is 7.07. The number of phenols is 1. The van der Waals surface area contributed by atoms with Crippen molar-refractivity contribution in [2.75, 3.05) is 31.8 Å². The van der Waals surface area contributed by atoms with Crippen molar-refractivity contribution < 1.29 is 14.6 Å². The third kappa shape index (κ3) is 4.92. The molecule has 0 spiro atoms. The van der Waals surface area contributed by atoms with E-state index < -0.39 is 0 Å². The maximum Gasteiger partial charge on any atom is 0.306 e. The molecule has 0 aromatic heterocycles. The predicted molar refractivity (Wildman–Crippen MR) is 109 cm³/mol. The molecule has 2 rings (SSSR count). The van der Waals surface area contributed by atoms with E-state index in [-0.39, 0.29) is 24.1 Å². The fourth-order valence-corrected chi connectivity index (χ4v) is 3.25. The summed E-state index contributed by atoms with van der Waals surface area (Å²) in [5.74, 6) is -0.489. The SMILES string of the molecule is CCOC(=O)CC(c1cc(N)c(NC)c(O)c1)c1ccc(C)c(CNC)c1. The van der Waals surface area contributed by atoms with Crippen LogP contribution in [0.4, 0.5) is 11.4 Å². The van der Waals surface area contributed by atoms with E-state index in [1.807, 2.05) is 19.2 Å². The second-order valence-electron chi connectivity index (χ2n) is 6.53. The lowest BCUT2D eigenvalue weighted by atomic mass is 9.86.